The van der Waals surface area contributed by atoms with Gasteiger partial charge in [0.2, 0.25) is 0 Å². The van der Waals surface area contributed by atoms with Crippen molar-refractivity contribution in [1.29, 1.82) is 0 Å². The van der Waals surface area contributed by atoms with E-state index in [1.807, 2.05) is 0 Å². The third kappa shape index (κ3) is 3.57. The molecule has 1 atom stereocenters. The first-order valence-corrected chi connectivity index (χ1v) is 7.14. The second kappa shape index (κ2) is 6.72. The zero-order valence-electron chi connectivity index (χ0n) is 12.1. The molecule has 1 heteroatoms. The van der Waals surface area contributed by atoms with Gasteiger partial charge in [0.25, 0.3) is 0 Å². The zero-order chi connectivity index (χ0) is 13.7. The van der Waals surface area contributed by atoms with Gasteiger partial charge in [-0.25, -0.2) is 0 Å². The maximum atomic E-state index is 3.96. The number of hydrogen-bond donors (Lipinski definition) is 0. The van der Waals surface area contributed by atoms with E-state index in [0.29, 0.717) is 6.04 Å². The molecule has 0 saturated heterocycles. The second-order valence-corrected chi connectivity index (χ2v) is 5.46. The molecule has 0 fully saturated rings. The van der Waals surface area contributed by atoms with Crippen LogP contribution in [0, 0.1) is 6.92 Å². The van der Waals surface area contributed by atoms with Gasteiger partial charge in [0.15, 0.2) is 0 Å². The fraction of sp³-hybridized carbons (Fsp3) is 0.389. The van der Waals surface area contributed by atoms with Gasteiger partial charge in [-0.05, 0) is 43.3 Å². The van der Waals surface area contributed by atoms with E-state index in [0.717, 1.165) is 12.8 Å². The van der Waals surface area contributed by atoms with Crippen LogP contribution >= 0.6 is 0 Å². The first-order valence-electron chi connectivity index (χ1n) is 7.14. The van der Waals surface area contributed by atoms with Crippen molar-refractivity contribution >= 4 is 10.8 Å². The highest BCUT2D eigenvalue weighted by Crippen LogP contribution is 2.22. The summed E-state index contributed by atoms with van der Waals surface area (Å²) in [5, 5.41) is 2.74. The zero-order valence-corrected chi connectivity index (χ0v) is 12.1. The number of hydrogen-bond acceptors (Lipinski definition) is 1. The molecule has 0 bridgehead atoms. The highest BCUT2D eigenvalue weighted by molar-refractivity contribution is 5.85. The quantitative estimate of drug-likeness (QED) is 0.742. The van der Waals surface area contributed by atoms with Crippen molar-refractivity contribution in [3.8, 4) is 0 Å². The molecule has 0 saturated carbocycles. The first-order chi connectivity index (χ1) is 9.22. The van der Waals surface area contributed by atoms with Gasteiger partial charge >= 0.3 is 0 Å². The monoisotopic (exact) mass is 254 g/mol. The Morgan fingerprint density at radius 1 is 1.05 bits per heavy atom. The molecule has 0 heterocycles. The number of likely N-dealkylation sites (N-methyl/N-ethyl adjacent to an activating group) is 1. The molecule has 0 aliphatic heterocycles. The third-order valence-corrected chi connectivity index (χ3v) is 3.85. The number of rotatable bonds is 6. The van der Waals surface area contributed by atoms with Crippen LogP contribution in [0.15, 0.2) is 42.5 Å². The first kappa shape index (κ1) is 14.1. The van der Waals surface area contributed by atoms with Gasteiger partial charge in [-0.1, -0.05) is 62.2 Å². The average molecular weight is 254 g/mol. The average Bonchev–Trinajstić information content (AvgIpc) is 2.43. The SMILES string of the molecule is [CH2]CCCC(Cc1cccc2ccccc12)N(C)C. The number of nitrogens with zero attached hydrogens (tertiary/aromatic N) is 1. The molecule has 0 N–H and O–H groups in total. The Morgan fingerprint density at radius 2 is 1.79 bits per heavy atom. The van der Waals surface area contributed by atoms with Gasteiger partial charge in [0.1, 0.15) is 0 Å². The lowest BCUT2D eigenvalue weighted by Gasteiger charge is -2.25. The highest BCUT2D eigenvalue weighted by Gasteiger charge is 2.13. The molecule has 0 aliphatic carbocycles. The van der Waals surface area contributed by atoms with Crippen LogP contribution in [-0.4, -0.2) is 25.0 Å². The lowest BCUT2D eigenvalue weighted by molar-refractivity contribution is 0.273. The van der Waals surface area contributed by atoms with Gasteiger partial charge in [-0.2, -0.15) is 0 Å². The van der Waals surface area contributed by atoms with Crippen molar-refractivity contribution in [2.45, 2.75) is 31.7 Å². The van der Waals surface area contributed by atoms with Crippen LogP contribution in [0.1, 0.15) is 24.8 Å². The van der Waals surface area contributed by atoms with Crippen LogP contribution in [0.2, 0.25) is 0 Å². The molecular formula is C18H24N. The minimum absolute atomic E-state index is 0.604. The molecule has 19 heavy (non-hydrogen) atoms. The van der Waals surface area contributed by atoms with E-state index < -0.39 is 0 Å². The molecule has 1 nitrogen and oxygen atoms in total. The largest absolute Gasteiger partial charge is 0.306 e. The summed E-state index contributed by atoms with van der Waals surface area (Å²) in [5.41, 5.74) is 1.46. The summed E-state index contributed by atoms with van der Waals surface area (Å²) >= 11 is 0. The van der Waals surface area contributed by atoms with E-state index in [9.17, 15) is 0 Å². The standard InChI is InChI=1S/C18H24N/c1-4-5-12-17(19(2)3)14-16-11-8-10-15-9-6-7-13-18(15)16/h6-11,13,17H,1,4-5,12,14H2,2-3H3. The Labute approximate surface area is 117 Å². The lowest BCUT2D eigenvalue weighted by Crippen LogP contribution is -2.30. The fourth-order valence-electron chi connectivity index (χ4n) is 2.65. The van der Waals surface area contributed by atoms with Crippen molar-refractivity contribution < 1.29 is 0 Å². The molecule has 0 spiro atoms. The predicted octanol–water partition coefficient (Wildman–Crippen LogP) is 4.32. The molecular weight excluding hydrogens is 230 g/mol. The van der Waals surface area contributed by atoms with E-state index in [1.54, 1.807) is 0 Å². The molecule has 2 aromatic rings. The van der Waals surface area contributed by atoms with E-state index >= 15 is 0 Å². The number of fused-ring (bicyclic) bond motifs is 1. The summed E-state index contributed by atoms with van der Waals surface area (Å²) in [7, 11) is 4.36. The smallest absolute Gasteiger partial charge is 0.0130 e. The van der Waals surface area contributed by atoms with Gasteiger partial charge in [0, 0.05) is 6.04 Å². The van der Waals surface area contributed by atoms with Crippen LogP contribution in [0.3, 0.4) is 0 Å². The van der Waals surface area contributed by atoms with Gasteiger partial charge in [-0.3, -0.25) is 0 Å². The minimum atomic E-state index is 0.604. The third-order valence-electron chi connectivity index (χ3n) is 3.85. The molecule has 0 amide bonds. The Hall–Kier alpha value is -1.34. The normalized spacial score (nSPS) is 13.1. The van der Waals surface area contributed by atoms with Crippen molar-refractivity contribution in [3.05, 3.63) is 55.0 Å². The predicted molar refractivity (Wildman–Crippen MR) is 84.3 cm³/mol. The molecule has 1 unspecified atom stereocenters. The van der Waals surface area contributed by atoms with Crippen LogP contribution < -0.4 is 0 Å². The Morgan fingerprint density at radius 3 is 2.53 bits per heavy atom. The molecule has 0 aliphatic rings. The van der Waals surface area contributed by atoms with Crippen molar-refractivity contribution in [2.75, 3.05) is 14.1 Å². The Kier molecular flexibility index (Phi) is 4.98. The van der Waals surface area contributed by atoms with Crippen LogP contribution in [-0.2, 0) is 6.42 Å². The Balaban J connectivity index is 2.23. The lowest BCUT2D eigenvalue weighted by atomic mass is 9.96. The summed E-state index contributed by atoms with van der Waals surface area (Å²) in [6.45, 7) is 3.96. The van der Waals surface area contributed by atoms with Gasteiger partial charge in [0.05, 0.1) is 0 Å². The minimum Gasteiger partial charge on any atom is -0.306 e. The molecule has 2 rings (SSSR count). The van der Waals surface area contributed by atoms with Crippen LogP contribution in [0.4, 0.5) is 0 Å². The summed E-state index contributed by atoms with van der Waals surface area (Å²) in [4.78, 5) is 2.34. The van der Waals surface area contributed by atoms with E-state index in [1.165, 1.54) is 29.2 Å². The van der Waals surface area contributed by atoms with Gasteiger partial charge < -0.3 is 4.90 Å². The van der Waals surface area contributed by atoms with Crippen molar-refractivity contribution in [1.82, 2.24) is 4.90 Å². The van der Waals surface area contributed by atoms with E-state index in [2.05, 4.69) is 68.4 Å². The van der Waals surface area contributed by atoms with Crippen molar-refractivity contribution in [3.63, 3.8) is 0 Å². The van der Waals surface area contributed by atoms with Crippen LogP contribution in [0.25, 0.3) is 10.8 Å². The molecule has 1 radical (unpaired) electrons. The summed E-state index contributed by atoms with van der Waals surface area (Å²) in [6.07, 6.45) is 4.57. The molecule has 101 valence electrons. The van der Waals surface area contributed by atoms with Crippen molar-refractivity contribution in [2.24, 2.45) is 0 Å². The number of benzene rings is 2. The Bertz CT molecular complexity index is 511. The summed E-state index contributed by atoms with van der Waals surface area (Å²) in [5.74, 6) is 0. The topological polar surface area (TPSA) is 3.24 Å². The maximum Gasteiger partial charge on any atom is 0.0130 e. The van der Waals surface area contributed by atoms with Gasteiger partial charge in [-0.15, -0.1) is 0 Å². The highest BCUT2D eigenvalue weighted by atomic mass is 15.1. The van der Waals surface area contributed by atoms with Crippen LogP contribution in [0.5, 0.6) is 0 Å². The summed E-state index contributed by atoms with van der Waals surface area (Å²) in [6, 6.07) is 15.9. The molecule has 2 aromatic carbocycles. The van der Waals surface area contributed by atoms with E-state index in [-0.39, 0.29) is 0 Å². The fourth-order valence-corrected chi connectivity index (χ4v) is 2.65. The number of unbranched alkanes of at least 4 members (excludes halogenated alkanes) is 1. The summed E-state index contributed by atoms with van der Waals surface area (Å²) < 4.78 is 0. The molecule has 0 aromatic heterocycles. The second-order valence-electron chi connectivity index (χ2n) is 5.46. The van der Waals surface area contributed by atoms with E-state index in [4.69, 9.17) is 0 Å². The maximum absolute atomic E-state index is 3.96.